The lowest BCUT2D eigenvalue weighted by molar-refractivity contribution is -0.139. The number of carboxylic acids is 1. The van der Waals surface area contributed by atoms with Gasteiger partial charge < -0.3 is 10.0 Å². The van der Waals surface area contributed by atoms with Crippen molar-refractivity contribution in [3.63, 3.8) is 0 Å². The number of rotatable bonds is 5. The van der Waals surface area contributed by atoms with Gasteiger partial charge in [0.15, 0.2) is 0 Å². The highest BCUT2D eigenvalue weighted by atomic mass is 16.4. The second-order valence-corrected chi connectivity index (χ2v) is 5.83. The maximum Gasteiger partial charge on any atom is 0.303 e. The van der Waals surface area contributed by atoms with Gasteiger partial charge in [-0.2, -0.15) is 0 Å². The average molecular weight is 289 g/mol. The first-order valence-electron chi connectivity index (χ1n) is 7.63. The first-order valence-corrected chi connectivity index (χ1v) is 7.63. The Morgan fingerprint density at radius 1 is 1.33 bits per heavy atom. The molecular weight excluding hydrogens is 266 g/mol. The third kappa shape index (κ3) is 4.59. The molecule has 1 aromatic carbocycles. The molecule has 1 atom stereocenters. The van der Waals surface area contributed by atoms with E-state index in [0.29, 0.717) is 12.8 Å². The molecule has 2 rings (SSSR count). The summed E-state index contributed by atoms with van der Waals surface area (Å²) in [5.74, 6) is -0.664. The number of hydrogen-bond acceptors (Lipinski definition) is 2. The van der Waals surface area contributed by atoms with Crippen LogP contribution in [0.1, 0.15) is 43.2 Å². The Balaban J connectivity index is 1.99. The third-order valence-corrected chi connectivity index (χ3v) is 4.08. The lowest BCUT2D eigenvalue weighted by atomic mass is 9.97. The highest BCUT2D eigenvalue weighted by molar-refractivity contribution is 5.79. The molecule has 0 radical (unpaired) electrons. The molecule has 4 heteroatoms. The summed E-state index contributed by atoms with van der Waals surface area (Å²) >= 11 is 0. The van der Waals surface area contributed by atoms with E-state index in [-0.39, 0.29) is 18.4 Å². The zero-order valence-corrected chi connectivity index (χ0v) is 12.5. The number of nitrogens with zero attached hydrogens (tertiary/aromatic N) is 1. The van der Waals surface area contributed by atoms with Crippen LogP contribution in [0.5, 0.6) is 0 Å². The first-order chi connectivity index (χ1) is 10.1. The molecule has 1 unspecified atom stereocenters. The van der Waals surface area contributed by atoms with Gasteiger partial charge >= 0.3 is 5.97 Å². The zero-order valence-electron chi connectivity index (χ0n) is 12.5. The van der Waals surface area contributed by atoms with Gasteiger partial charge in [-0.25, -0.2) is 0 Å². The average Bonchev–Trinajstić information content (AvgIpc) is 2.45. The van der Waals surface area contributed by atoms with Crippen LogP contribution in [0.3, 0.4) is 0 Å². The molecule has 0 spiro atoms. The smallest absolute Gasteiger partial charge is 0.303 e. The van der Waals surface area contributed by atoms with E-state index >= 15 is 0 Å². The van der Waals surface area contributed by atoms with Crippen LogP contribution in [0.2, 0.25) is 0 Å². The molecule has 0 saturated carbocycles. The monoisotopic (exact) mass is 289 g/mol. The van der Waals surface area contributed by atoms with Crippen molar-refractivity contribution >= 4 is 11.9 Å². The van der Waals surface area contributed by atoms with Crippen LogP contribution in [0, 0.1) is 6.92 Å². The number of hydrogen-bond donors (Lipinski definition) is 1. The molecule has 1 saturated heterocycles. The van der Waals surface area contributed by atoms with Crippen LogP contribution >= 0.6 is 0 Å². The number of carboxylic acid groups (broad SMARTS) is 1. The molecule has 0 aromatic heterocycles. The van der Waals surface area contributed by atoms with E-state index in [1.54, 1.807) is 0 Å². The zero-order chi connectivity index (χ0) is 15.2. The summed E-state index contributed by atoms with van der Waals surface area (Å²) < 4.78 is 0. The number of aliphatic carboxylic acids is 1. The van der Waals surface area contributed by atoms with E-state index in [9.17, 15) is 9.59 Å². The molecule has 114 valence electrons. The number of benzene rings is 1. The summed E-state index contributed by atoms with van der Waals surface area (Å²) in [7, 11) is 0. The lowest BCUT2D eigenvalue weighted by Gasteiger charge is -2.36. The molecule has 1 heterocycles. The number of carbonyl (C=O) groups is 2. The van der Waals surface area contributed by atoms with Crippen molar-refractivity contribution in [1.29, 1.82) is 0 Å². The Morgan fingerprint density at radius 3 is 2.86 bits per heavy atom. The standard InChI is InChI=1S/C17H23NO3/c1-13-5-4-6-14(11-13)12-16(19)18-10-3-2-7-15(18)8-9-17(20)21/h4-6,11,15H,2-3,7-10,12H2,1H3,(H,20,21). The van der Waals surface area contributed by atoms with E-state index in [1.807, 2.05) is 36.1 Å². The van der Waals surface area contributed by atoms with Crippen LogP contribution in [0.25, 0.3) is 0 Å². The number of piperidine rings is 1. The van der Waals surface area contributed by atoms with E-state index in [1.165, 1.54) is 0 Å². The summed E-state index contributed by atoms with van der Waals surface area (Å²) in [5.41, 5.74) is 2.18. The van der Waals surface area contributed by atoms with E-state index in [0.717, 1.165) is 36.9 Å². The topological polar surface area (TPSA) is 57.6 Å². The van der Waals surface area contributed by atoms with Gasteiger partial charge in [-0.15, -0.1) is 0 Å². The second-order valence-electron chi connectivity index (χ2n) is 5.83. The maximum absolute atomic E-state index is 12.5. The van der Waals surface area contributed by atoms with Crippen molar-refractivity contribution < 1.29 is 14.7 Å². The van der Waals surface area contributed by atoms with Crippen molar-refractivity contribution in [3.05, 3.63) is 35.4 Å². The second kappa shape index (κ2) is 7.25. The van der Waals surface area contributed by atoms with Crippen LogP contribution in [-0.2, 0) is 16.0 Å². The molecule has 0 bridgehead atoms. The fourth-order valence-corrected chi connectivity index (χ4v) is 3.02. The number of carbonyl (C=O) groups excluding carboxylic acids is 1. The highest BCUT2D eigenvalue weighted by Crippen LogP contribution is 2.22. The van der Waals surface area contributed by atoms with E-state index < -0.39 is 5.97 Å². The molecule has 0 aliphatic carbocycles. The molecule has 1 aromatic rings. The third-order valence-electron chi connectivity index (χ3n) is 4.08. The predicted octanol–water partition coefficient (Wildman–Crippen LogP) is 2.78. The van der Waals surface area contributed by atoms with Gasteiger partial charge in [0.25, 0.3) is 0 Å². The first kappa shape index (κ1) is 15.5. The van der Waals surface area contributed by atoms with Crippen molar-refractivity contribution in [2.45, 2.75) is 51.5 Å². The number of amides is 1. The van der Waals surface area contributed by atoms with Crippen LogP contribution in [-0.4, -0.2) is 34.5 Å². The maximum atomic E-state index is 12.5. The normalized spacial score (nSPS) is 18.5. The van der Waals surface area contributed by atoms with Gasteiger partial charge in [0.1, 0.15) is 0 Å². The fourth-order valence-electron chi connectivity index (χ4n) is 3.02. The number of likely N-dealkylation sites (tertiary alicyclic amines) is 1. The molecule has 1 N–H and O–H groups in total. The van der Waals surface area contributed by atoms with Crippen molar-refractivity contribution in [1.82, 2.24) is 4.90 Å². The van der Waals surface area contributed by atoms with Crippen LogP contribution < -0.4 is 0 Å². The van der Waals surface area contributed by atoms with Crippen molar-refractivity contribution in [3.8, 4) is 0 Å². The van der Waals surface area contributed by atoms with Crippen molar-refractivity contribution in [2.75, 3.05) is 6.54 Å². The van der Waals surface area contributed by atoms with Gasteiger partial charge in [-0.05, 0) is 38.2 Å². The molecule has 1 aliphatic heterocycles. The predicted molar refractivity (Wildman–Crippen MR) is 81.1 cm³/mol. The van der Waals surface area contributed by atoms with Gasteiger partial charge in [0, 0.05) is 19.0 Å². The molecule has 1 amide bonds. The minimum atomic E-state index is -0.786. The Labute approximate surface area is 125 Å². The molecular formula is C17H23NO3. The Kier molecular flexibility index (Phi) is 5.37. The fraction of sp³-hybridized carbons (Fsp3) is 0.529. The van der Waals surface area contributed by atoms with E-state index in [4.69, 9.17) is 5.11 Å². The van der Waals surface area contributed by atoms with Crippen molar-refractivity contribution in [2.24, 2.45) is 0 Å². The quantitative estimate of drug-likeness (QED) is 0.906. The summed E-state index contributed by atoms with van der Waals surface area (Å²) in [6, 6.07) is 8.09. The summed E-state index contributed by atoms with van der Waals surface area (Å²) in [6.45, 7) is 2.78. The molecule has 1 aliphatic rings. The Hall–Kier alpha value is -1.84. The van der Waals surface area contributed by atoms with Gasteiger partial charge in [-0.3, -0.25) is 9.59 Å². The Morgan fingerprint density at radius 2 is 2.14 bits per heavy atom. The Bertz CT molecular complexity index is 513. The molecule has 21 heavy (non-hydrogen) atoms. The van der Waals surface area contributed by atoms with Crippen LogP contribution in [0.15, 0.2) is 24.3 Å². The minimum Gasteiger partial charge on any atom is -0.481 e. The van der Waals surface area contributed by atoms with Gasteiger partial charge in [-0.1, -0.05) is 29.8 Å². The lowest BCUT2D eigenvalue weighted by Crippen LogP contribution is -2.44. The van der Waals surface area contributed by atoms with E-state index in [2.05, 4.69) is 0 Å². The SMILES string of the molecule is Cc1cccc(CC(=O)N2CCCCC2CCC(=O)O)c1. The van der Waals surface area contributed by atoms with Gasteiger partial charge in [0.05, 0.1) is 6.42 Å². The van der Waals surface area contributed by atoms with Crippen LogP contribution in [0.4, 0.5) is 0 Å². The molecule has 4 nitrogen and oxygen atoms in total. The minimum absolute atomic E-state index is 0.0900. The summed E-state index contributed by atoms with van der Waals surface area (Å²) in [5, 5.41) is 8.83. The summed E-state index contributed by atoms with van der Waals surface area (Å²) in [6.07, 6.45) is 4.13. The van der Waals surface area contributed by atoms with Gasteiger partial charge in [0.2, 0.25) is 5.91 Å². The largest absolute Gasteiger partial charge is 0.481 e. The summed E-state index contributed by atoms with van der Waals surface area (Å²) in [4.78, 5) is 25.2. The highest BCUT2D eigenvalue weighted by Gasteiger charge is 2.26. The molecule has 1 fully saturated rings. The number of aryl methyl sites for hydroxylation is 1.